The summed E-state index contributed by atoms with van der Waals surface area (Å²) in [5.41, 5.74) is -0.379. The first-order valence-corrected chi connectivity index (χ1v) is 12.4. The Bertz CT molecular complexity index is 1060. The number of carbonyl (C=O) groups excluding carboxylic acids is 2. The molecule has 0 fully saturated rings. The van der Waals surface area contributed by atoms with Crippen molar-refractivity contribution in [3.05, 3.63) is 32.3 Å². The Labute approximate surface area is 225 Å². The lowest BCUT2D eigenvalue weighted by molar-refractivity contribution is 0.0965. The molecular weight excluding hydrogens is 535 g/mol. The number of phenolic OH excluding ortho intramolecular Hbond substituents is 4. The van der Waals surface area contributed by atoms with E-state index in [9.17, 15) is 30.0 Å². The highest BCUT2D eigenvalue weighted by Gasteiger charge is 2.26. The number of aromatic hydroxyl groups is 4. The molecule has 0 heterocycles. The van der Waals surface area contributed by atoms with Crippen LogP contribution in [-0.4, -0.2) is 46.2 Å². The van der Waals surface area contributed by atoms with E-state index in [-0.39, 0.29) is 62.1 Å². The van der Waals surface area contributed by atoms with Crippen molar-refractivity contribution in [3.63, 3.8) is 0 Å². The number of ether oxygens (including phenoxy) is 2. The molecule has 0 aliphatic rings. The molecule has 36 heavy (non-hydrogen) atoms. The summed E-state index contributed by atoms with van der Waals surface area (Å²) >= 11 is 17.5. The summed E-state index contributed by atoms with van der Waals surface area (Å²) < 4.78 is 9.73. The molecule has 200 valence electrons. The molecule has 2 aromatic carbocycles. The van der Waals surface area contributed by atoms with Crippen molar-refractivity contribution in [3.8, 4) is 34.5 Å². The maximum absolute atomic E-state index is 11.9. The number of hydrogen-bond donors (Lipinski definition) is 4. The van der Waals surface area contributed by atoms with Crippen LogP contribution >= 0.6 is 34.8 Å². The van der Waals surface area contributed by atoms with Crippen LogP contribution in [0.5, 0.6) is 34.5 Å². The van der Waals surface area contributed by atoms with Gasteiger partial charge in [0.25, 0.3) is 0 Å². The topological polar surface area (TPSA) is 134 Å². The van der Waals surface area contributed by atoms with Gasteiger partial charge in [0.1, 0.15) is 37.7 Å². The summed E-state index contributed by atoms with van der Waals surface area (Å²) in [6.07, 6.45) is 4.60. The minimum Gasteiger partial charge on any atom is -0.507 e. The zero-order valence-corrected chi connectivity index (χ0v) is 22.9. The van der Waals surface area contributed by atoms with Crippen molar-refractivity contribution in [2.75, 3.05) is 14.2 Å². The molecule has 0 unspecified atom stereocenters. The fourth-order valence-corrected chi connectivity index (χ4v) is 4.05. The quantitative estimate of drug-likeness (QED) is 0.165. The van der Waals surface area contributed by atoms with E-state index in [4.69, 9.17) is 44.3 Å². The summed E-state index contributed by atoms with van der Waals surface area (Å²) in [5.74, 6) is -2.38. The second-order valence-electron chi connectivity index (χ2n) is 7.78. The number of carbonyl (C=O) groups is 2. The SMILES string of the molecule is CCCCC(=O)c1c(O)c(Cl)c(OC)c(Cl)c1O.CCCCCC(=O)c1c(O)cc(OC)c(Cl)c1O. The average Bonchev–Trinajstić information content (AvgIpc) is 2.85. The van der Waals surface area contributed by atoms with Crippen molar-refractivity contribution in [1.29, 1.82) is 0 Å². The summed E-state index contributed by atoms with van der Waals surface area (Å²) in [6, 6.07) is 1.23. The molecule has 0 bridgehead atoms. The van der Waals surface area contributed by atoms with Crippen LogP contribution in [0.2, 0.25) is 15.1 Å². The second kappa shape index (κ2) is 14.9. The Morgan fingerprint density at radius 3 is 1.67 bits per heavy atom. The van der Waals surface area contributed by atoms with Gasteiger partial charge in [-0.25, -0.2) is 0 Å². The first-order valence-electron chi connectivity index (χ1n) is 11.3. The molecule has 0 saturated heterocycles. The van der Waals surface area contributed by atoms with Gasteiger partial charge in [-0.3, -0.25) is 9.59 Å². The zero-order valence-electron chi connectivity index (χ0n) is 20.6. The van der Waals surface area contributed by atoms with Crippen molar-refractivity contribution >= 4 is 46.4 Å². The molecule has 0 saturated carbocycles. The van der Waals surface area contributed by atoms with E-state index < -0.39 is 23.0 Å². The minimum absolute atomic E-state index is 0.0552. The van der Waals surface area contributed by atoms with Crippen LogP contribution in [0.25, 0.3) is 0 Å². The predicted octanol–water partition coefficient (Wildman–Crippen LogP) is 7.31. The number of rotatable bonds is 11. The number of Topliss-reactive ketones (excluding diaryl/α,β-unsaturated/α-hetero) is 2. The van der Waals surface area contributed by atoms with Crippen molar-refractivity contribution in [1.82, 2.24) is 0 Å². The molecule has 2 aromatic rings. The molecule has 0 aromatic heterocycles. The lowest BCUT2D eigenvalue weighted by Gasteiger charge is -2.13. The van der Waals surface area contributed by atoms with Crippen LogP contribution in [-0.2, 0) is 0 Å². The standard InChI is InChI=1S/C13H17ClO4.C12H14Cl2O4/c1-3-4-5-6-8(15)11-9(16)7-10(18-2)12(14)13(11)17;1-3-4-5-6(15)7-10(16)8(13)12(18-2)9(14)11(7)17/h7,16-17H,3-6H2,1-2H3;16-17H,3-5H2,1-2H3. The maximum atomic E-state index is 11.9. The third-order valence-corrected chi connectivity index (χ3v) is 6.29. The molecule has 0 aliphatic heterocycles. The van der Waals surface area contributed by atoms with Gasteiger partial charge in [-0.2, -0.15) is 0 Å². The molecule has 2 rings (SSSR count). The molecule has 0 radical (unpaired) electrons. The Balaban J connectivity index is 0.000000360. The number of methoxy groups -OCH3 is 2. The third kappa shape index (κ3) is 7.48. The molecule has 0 aliphatic carbocycles. The monoisotopic (exact) mass is 564 g/mol. The first-order chi connectivity index (χ1) is 17.0. The van der Waals surface area contributed by atoms with Gasteiger partial charge in [0, 0.05) is 18.9 Å². The van der Waals surface area contributed by atoms with E-state index in [1.165, 1.54) is 20.3 Å². The number of benzene rings is 2. The van der Waals surface area contributed by atoms with Crippen molar-refractivity contribution in [2.45, 2.75) is 58.8 Å². The maximum Gasteiger partial charge on any atom is 0.170 e. The summed E-state index contributed by atoms with van der Waals surface area (Å²) in [7, 11) is 2.66. The minimum atomic E-state index is -0.503. The van der Waals surface area contributed by atoms with Crippen LogP contribution in [0, 0.1) is 0 Å². The second-order valence-corrected chi connectivity index (χ2v) is 8.91. The van der Waals surface area contributed by atoms with Crippen LogP contribution in [0.4, 0.5) is 0 Å². The average molecular weight is 566 g/mol. The van der Waals surface area contributed by atoms with Crippen molar-refractivity contribution in [2.24, 2.45) is 0 Å². The lowest BCUT2D eigenvalue weighted by Crippen LogP contribution is -2.02. The molecular formula is C25H31Cl3O8. The van der Waals surface area contributed by atoms with Crippen LogP contribution < -0.4 is 9.47 Å². The molecule has 0 amide bonds. The van der Waals surface area contributed by atoms with Gasteiger partial charge in [0.05, 0.1) is 14.2 Å². The molecule has 0 spiro atoms. The predicted molar refractivity (Wildman–Crippen MR) is 140 cm³/mol. The number of unbranched alkanes of at least 4 members (excludes halogenated alkanes) is 3. The number of phenols is 4. The fraction of sp³-hybridized carbons (Fsp3) is 0.440. The van der Waals surface area contributed by atoms with Gasteiger partial charge in [0.15, 0.2) is 34.6 Å². The Kier molecular flexibility index (Phi) is 13.0. The molecule has 11 heteroatoms. The summed E-state index contributed by atoms with van der Waals surface area (Å²) in [5, 5.41) is 38.8. The fourth-order valence-electron chi connectivity index (χ4n) is 3.24. The summed E-state index contributed by atoms with van der Waals surface area (Å²) in [6.45, 7) is 3.96. The third-order valence-electron chi connectivity index (χ3n) is 5.22. The van der Waals surface area contributed by atoms with E-state index >= 15 is 0 Å². The van der Waals surface area contributed by atoms with Gasteiger partial charge in [-0.05, 0) is 12.8 Å². The summed E-state index contributed by atoms with van der Waals surface area (Å²) in [4.78, 5) is 23.8. The number of ketones is 2. The van der Waals surface area contributed by atoms with E-state index in [1.54, 1.807) is 0 Å². The highest BCUT2D eigenvalue weighted by molar-refractivity contribution is 6.40. The molecule has 4 N–H and O–H groups in total. The molecule has 0 atom stereocenters. The zero-order chi connectivity index (χ0) is 27.6. The van der Waals surface area contributed by atoms with Gasteiger partial charge in [0.2, 0.25) is 0 Å². The van der Waals surface area contributed by atoms with Crippen molar-refractivity contribution < 1.29 is 39.5 Å². The molecule has 8 nitrogen and oxygen atoms in total. The van der Waals surface area contributed by atoms with Crippen LogP contribution in [0.15, 0.2) is 6.07 Å². The van der Waals surface area contributed by atoms with E-state index in [0.29, 0.717) is 6.42 Å². The van der Waals surface area contributed by atoms with Crippen LogP contribution in [0.1, 0.15) is 79.5 Å². The largest absolute Gasteiger partial charge is 0.507 e. The van der Waals surface area contributed by atoms with Crippen LogP contribution in [0.3, 0.4) is 0 Å². The highest BCUT2D eigenvalue weighted by atomic mass is 35.5. The van der Waals surface area contributed by atoms with Gasteiger partial charge in [-0.15, -0.1) is 0 Å². The Morgan fingerprint density at radius 2 is 1.19 bits per heavy atom. The van der Waals surface area contributed by atoms with Gasteiger partial charge >= 0.3 is 0 Å². The van der Waals surface area contributed by atoms with E-state index in [1.807, 2.05) is 13.8 Å². The van der Waals surface area contributed by atoms with Gasteiger partial charge in [-0.1, -0.05) is 67.9 Å². The smallest absolute Gasteiger partial charge is 0.170 e. The number of halogens is 3. The number of hydrogen-bond acceptors (Lipinski definition) is 8. The normalized spacial score (nSPS) is 10.4. The Morgan fingerprint density at radius 1 is 0.722 bits per heavy atom. The van der Waals surface area contributed by atoms with E-state index in [0.717, 1.165) is 25.7 Å². The van der Waals surface area contributed by atoms with E-state index in [2.05, 4.69) is 0 Å². The lowest BCUT2D eigenvalue weighted by atomic mass is 10.0. The van der Waals surface area contributed by atoms with Gasteiger partial charge < -0.3 is 29.9 Å². The first kappa shape index (κ1) is 31.5. The Hall–Kier alpha value is -2.55. The highest BCUT2D eigenvalue weighted by Crippen LogP contribution is 2.48.